The van der Waals surface area contributed by atoms with Crippen LogP contribution in [0.5, 0.6) is 0 Å². The van der Waals surface area contributed by atoms with Crippen LogP contribution in [-0.4, -0.2) is 25.0 Å². The van der Waals surface area contributed by atoms with Crippen molar-refractivity contribution in [3.8, 4) is 0 Å². The van der Waals surface area contributed by atoms with Gasteiger partial charge >= 0.3 is 0 Å². The summed E-state index contributed by atoms with van der Waals surface area (Å²) in [6.45, 7) is 7.66. The van der Waals surface area contributed by atoms with Crippen LogP contribution in [0.25, 0.3) is 0 Å². The highest BCUT2D eigenvalue weighted by Crippen LogP contribution is 2.48. The highest BCUT2D eigenvalue weighted by molar-refractivity contribution is 5.78. The number of hydrogen-bond donors (Lipinski definition) is 2. The van der Waals surface area contributed by atoms with Gasteiger partial charge in [0, 0.05) is 12.6 Å². The third-order valence-corrected chi connectivity index (χ3v) is 2.97. The molecule has 1 saturated carbocycles. The fraction of sp³-hybridized carbons (Fsp3) is 0.917. The predicted octanol–water partition coefficient (Wildman–Crippen LogP) is 1.68. The summed E-state index contributed by atoms with van der Waals surface area (Å²) >= 11 is 0. The van der Waals surface area contributed by atoms with Crippen molar-refractivity contribution in [3.63, 3.8) is 0 Å². The van der Waals surface area contributed by atoms with Gasteiger partial charge in [-0.2, -0.15) is 0 Å². The zero-order valence-electron chi connectivity index (χ0n) is 10.2. The van der Waals surface area contributed by atoms with Crippen LogP contribution in [0.15, 0.2) is 0 Å². The zero-order chi connectivity index (χ0) is 11.3. The number of nitrogens with one attached hydrogen (secondary N) is 2. The Morgan fingerprint density at radius 1 is 1.40 bits per heavy atom. The molecule has 3 heteroatoms. The summed E-state index contributed by atoms with van der Waals surface area (Å²) in [6.07, 6.45) is 5.21. The molecule has 0 atom stereocenters. The van der Waals surface area contributed by atoms with Gasteiger partial charge in [0.2, 0.25) is 5.91 Å². The molecule has 1 fully saturated rings. The van der Waals surface area contributed by atoms with Gasteiger partial charge in [0.1, 0.15) is 0 Å². The van der Waals surface area contributed by atoms with Crippen LogP contribution in [0.2, 0.25) is 0 Å². The largest absolute Gasteiger partial charge is 0.353 e. The first-order chi connectivity index (χ1) is 7.08. The van der Waals surface area contributed by atoms with Gasteiger partial charge < -0.3 is 10.6 Å². The van der Waals surface area contributed by atoms with E-state index in [1.165, 1.54) is 25.7 Å². The van der Waals surface area contributed by atoms with E-state index in [2.05, 4.69) is 17.6 Å². The molecule has 2 N–H and O–H groups in total. The van der Waals surface area contributed by atoms with Gasteiger partial charge in [-0.05, 0) is 38.5 Å². The molecule has 3 nitrogen and oxygen atoms in total. The smallest absolute Gasteiger partial charge is 0.234 e. The molecular weight excluding hydrogens is 188 g/mol. The fourth-order valence-electron chi connectivity index (χ4n) is 2.04. The van der Waals surface area contributed by atoms with Crippen molar-refractivity contribution in [1.29, 1.82) is 0 Å². The summed E-state index contributed by atoms with van der Waals surface area (Å²) in [6, 6.07) is 0.241. The van der Waals surface area contributed by atoms with Crippen LogP contribution < -0.4 is 10.6 Å². The summed E-state index contributed by atoms with van der Waals surface area (Å²) in [7, 11) is 0. The molecule has 1 aliphatic rings. The Morgan fingerprint density at radius 3 is 2.53 bits per heavy atom. The van der Waals surface area contributed by atoms with Crippen LogP contribution >= 0.6 is 0 Å². The van der Waals surface area contributed by atoms with Gasteiger partial charge in [0.05, 0.1) is 6.54 Å². The molecule has 0 aromatic carbocycles. The molecule has 88 valence electrons. The molecular formula is C12H24N2O. The maximum Gasteiger partial charge on any atom is 0.234 e. The SMILES string of the molecule is CCCC1(CNCC(=O)NC(C)C)CC1. The van der Waals surface area contributed by atoms with E-state index in [1.807, 2.05) is 13.8 Å². The second-order valence-corrected chi connectivity index (χ2v) is 5.08. The van der Waals surface area contributed by atoms with E-state index < -0.39 is 0 Å². The number of carbonyl (C=O) groups is 1. The first kappa shape index (κ1) is 12.5. The minimum Gasteiger partial charge on any atom is -0.353 e. The average Bonchev–Trinajstić information content (AvgIpc) is 2.84. The summed E-state index contributed by atoms with van der Waals surface area (Å²) < 4.78 is 0. The van der Waals surface area contributed by atoms with E-state index in [0.29, 0.717) is 12.0 Å². The topological polar surface area (TPSA) is 41.1 Å². The lowest BCUT2D eigenvalue weighted by Crippen LogP contribution is -2.39. The predicted molar refractivity (Wildman–Crippen MR) is 62.7 cm³/mol. The third kappa shape index (κ3) is 4.65. The Hall–Kier alpha value is -0.570. The lowest BCUT2D eigenvalue weighted by molar-refractivity contribution is -0.120. The molecule has 0 aromatic rings. The normalized spacial score (nSPS) is 17.9. The summed E-state index contributed by atoms with van der Waals surface area (Å²) in [5.74, 6) is 0.109. The van der Waals surface area contributed by atoms with Crippen molar-refractivity contribution in [1.82, 2.24) is 10.6 Å². The van der Waals surface area contributed by atoms with Crippen molar-refractivity contribution in [2.45, 2.75) is 52.5 Å². The van der Waals surface area contributed by atoms with Crippen LogP contribution in [0.3, 0.4) is 0 Å². The van der Waals surface area contributed by atoms with Crippen LogP contribution in [0.1, 0.15) is 46.5 Å². The molecule has 0 bridgehead atoms. The Morgan fingerprint density at radius 2 is 2.07 bits per heavy atom. The molecule has 0 heterocycles. The van der Waals surface area contributed by atoms with E-state index in [0.717, 1.165) is 6.54 Å². The number of amides is 1. The second-order valence-electron chi connectivity index (χ2n) is 5.08. The molecule has 0 aliphatic heterocycles. The van der Waals surface area contributed by atoms with E-state index >= 15 is 0 Å². The lowest BCUT2D eigenvalue weighted by Gasteiger charge is -2.15. The second kappa shape index (κ2) is 5.50. The van der Waals surface area contributed by atoms with E-state index in [9.17, 15) is 4.79 Å². The Kier molecular flexibility index (Phi) is 4.58. The Bertz CT molecular complexity index is 210. The average molecular weight is 212 g/mol. The standard InChI is InChI=1S/C12H24N2O/c1-4-5-12(6-7-12)9-13-8-11(15)14-10(2)3/h10,13H,4-9H2,1-3H3,(H,14,15). The van der Waals surface area contributed by atoms with Crippen molar-refractivity contribution in [2.24, 2.45) is 5.41 Å². The van der Waals surface area contributed by atoms with Gasteiger partial charge in [-0.15, -0.1) is 0 Å². The maximum absolute atomic E-state index is 11.3. The molecule has 1 rings (SSSR count). The highest BCUT2D eigenvalue weighted by atomic mass is 16.1. The molecule has 15 heavy (non-hydrogen) atoms. The minimum absolute atomic E-state index is 0.109. The molecule has 1 amide bonds. The molecule has 0 spiro atoms. The van der Waals surface area contributed by atoms with Gasteiger partial charge in [-0.3, -0.25) is 4.79 Å². The highest BCUT2D eigenvalue weighted by Gasteiger charge is 2.40. The summed E-state index contributed by atoms with van der Waals surface area (Å²) in [5.41, 5.74) is 0.535. The van der Waals surface area contributed by atoms with Gasteiger partial charge in [-0.25, -0.2) is 0 Å². The quantitative estimate of drug-likeness (QED) is 0.674. The number of rotatable bonds is 7. The number of hydrogen-bond acceptors (Lipinski definition) is 2. The molecule has 0 radical (unpaired) electrons. The lowest BCUT2D eigenvalue weighted by atomic mass is 10.0. The first-order valence-corrected chi connectivity index (χ1v) is 6.08. The monoisotopic (exact) mass is 212 g/mol. The molecule has 0 saturated heterocycles. The summed E-state index contributed by atoms with van der Waals surface area (Å²) in [4.78, 5) is 11.3. The minimum atomic E-state index is 0.109. The van der Waals surface area contributed by atoms with Gasteiger partial charge in [0.25, 0.3) is 0 Å². The van der Waals surface area contributed by atoms with Crippen molar-refractivity contribution in [3.05, 3.63) is 0 Å². The molecule has 1 aliphatic carbocycles. The van der Waals surface area contributed by atoms with Crippen molar-refractivity contribution < 1.29 is 4.79 Å². The van der Waals surface area contributed by atoms with E-state index in [1.54, 1.807) is 0 Å². The fourth-order valence-corrected chi connectivity index (χ4v) is 2.04. The van der Waals surface area contributed by atoms with Crippen LogP contribution in [0.4, 0.5) is 0 Å². The summed E-state index contributed by atoms with van der Waals surface area (Å²) in [5, 5.41) is 6.15. The van der Waals surface area contributed by atoms with Crippen molar-refractivity contribution >= 4 is 5.91 Å². The number of carbonyl (C=O) groups excluding carboxylic acids is 1. The zero-order valence-corrected chi connectivity index (χ0v) is 10.2. The maximum atomic E-state index is 11.3. The molecule has 0 unspecified atom stereocenters. The van der Waals surface area contributed by atoms with E-state index in [-0.39, 0.29) is 11.9 Å². The Balaban J connectivity index is 2.08. The van der Waals surface area contributed by atoms with E-state index in [4.69, 9.17) is 0 Å². The van der Waals surface area contributed by atoms with Crippen LogP contribution in [-0.2, 0) is 4.79 Å². The molecule has 0 aromatic heterocycles. The first-order valence-electron chi connectivity index (χ1n) is 6.08. The van der Waals surface area contributed by atoms with Gasteiger partial charge in [-0.1, -0.05) is 13.3 Å². The Labute approximate surface area is 93.0 Å². The van der Waals surface area contributed by atoms with Crippen molar-refractivity contribution in [2.75, 3.05) is 13.1 Å². The third-order valence-electron chi connectivity index (χ3n) is 2.97. The van der Waals surface area contributed by atoms with Gasteiger partial charge in [0.15, 0.2) is 0 Å². The van der Waals surface area contributed by atoms with Crippen LogP contribution in [0, 0.1) is 5.41 Å².